The third-order valence-electron chi connectivity index (χ3n) is 8.38. The Morgan fingerprint density at radius 3 is 2.00 bits per heavy atom. The average Bonchev–Trinajstić information content (AvgIpc) is 3.40. The van der Waals surface area contributed by atoms with E-state index >= 15 is 0 Å². The molecule has 1 heterocycles. The third kappa shape index (κ3) is 6.61. The minimum atomic E-state index is -0.960. The van der Waals surface area contributed by atoms with Crippen molar-refractivity contribution in [3.8, 4) is 16.9 Å². The molecule has 5 rings (SSSR count). The predicted octanol–water partition coefficient (Wildman–Crippen LogP) is 5.47. The van der Waals surface area contributed by atoms with Crippen molar-refractivity contribution >= 4 is 17.7 Å². The van der Waals surface area contributed by atoms with Gasteiger partial charge in [0.05, 0.1) is 7.11 Å². The highest BCUT2D eigenvalue weighted by molar-refractivity contribution is 6.00. The Morgan fingerprint density at radius 1 is 0.930 bits per heavy atom. The second-order valence-electron chi connectivity index (χ2n) is 13.3. The van der Waals surface area contributed by atoms with Gasteiger partial charge in [0.25, 0.3) is 0 Å². The molecule has 3 aromatic rings. The molecule has 2 aliphatic rings. The number of ether oxygens (including phenoxy) is 1. The van der Waals surface area contributed by atoms with Crippen LogP contribution >= 0.6 is 0 Å². The lowest BCUT2D eigenvalue weighted by molar-refractivity contribution is -0.158. The lowest BCUT2D eigenvalue weighted by Gasteiger charge is -2.45. The van der Waals surface area contributed by atoms with Gasteiger partial charge in [0.2, 0.25) is 17.7 Å². The molecule has 0 aromatic heterocycles. The maximum atomic E-state index is 14.6. The first-order valence-corrected chi connectivity index (χ1v) is 15.2. The smallest absolute Gasteiger partial charge is 0.247 e. The number of hydrogen-bond donors (Lipinski definition) is 2. The molecule has 3 amide bonds. The molecule has 1 saturated heterocycles. The molecular weight excluding hydrogens is 538 g/mol. The van der Waals surface area contributed by atoms with E-state index in [1.54, 1.807) is 12.0 Å². The fourth-order valence-electron chi connectivity index (χ4n) is 6.39. The summed E-state index contributed by atoms with van der Waals surface area (Å²) in [6.45, 7) is 9.82. The van der Waals surface area contributed by atoms with E-state index in [1.165, 1.54) is 11.1 Å². The van der Waals surface area contributed by atoms with Gasteiger partial charge >= 0.3 is 0 Å². The second kappa shape index (κ2) is 12.2. The van der Waals surface area contributed by atoms with Crippen LogP contribution in [-0.2, 0) is 27.2 Å². The highest BCUT2D eigenvalue weighted by atomic mass is 16.5. The zero-order valence-corrected chi connectivity index (χ0v) is 26.0. The number of nitrogens with one attached hydrogen (secondary N) is 2. The van der Waals surface area contributed by atoms with Gasteiger partial charge in [0.15, 0.2) is 0 Å². The first-order chi connectivity index (χ1) is 20.4. The van der Waals surface area contributed by atoms with Crippen LogP contribution in [0.1, 0.15) is 63.8 Å². The molecule has 7 heteroatoms. The van der Waals surface area contributed by atoms with Crippen LogP contribution in [0.25, 0.3) is 11.1 Å². The van der Waals surface area contributed by atoms with Crippen LogP contribution in [0.3, 0.4) is 0 Å². The number of piperazine rings is 1. The molecule has 43 heavy (non-hydrogen) atoms. The normalized spacial score (nSPS) is 19.7. The van der Waals surface area contributed by atoms with Crippen molar-refractivity contribution in [1.29, 1.82) is 0 Å². The van der Waals surface area contributed by atoms with E-state index < -0.39 is 23.7 Å². The van der Waals surface area contributed by atoms with E-state index in [9.17, 15) is 14.4 Å². The quantitative estimate of drug-likeness (QED) is 0.369. The summed E-state index contributed by atoms with van der Waals surface area (Å²) in [6.07, 6.45) is 1.88. The van der Waals surface area contributed by atoms with Crippen LogP contribution in [0, 0.1) is 11.8 Å². The Labute approximate surface area is 255 Å². The van der Waals surface area contributed by atoms with Gasteiger partial charge in [-0.2, -0.15) is 0 Å². The SMILES string of the molecule is COc1ccc(-c2ccc([C@H](C(=O)NC(C)(C)C)N3C(=O)[C@@H](C4Cc5ccccc5C4)NC(=O)[C@H]3CC(C)C)cc2)cc1. The van der Waals surface area contributed by atoms with Gasteiger partial charge < -0.3 is 20.3 Å². The minimum absolute atomic E-state index is 0.0693. The second-order valence-corrected chi connectivity index (χ2v) is 13.3. The fourth-order valence-corrected chi connectivity index (χ4v) is 6.39. The Balaban J connectivity index is 1.54. The van der Waals surface area contributed by atoms with Crippen molar-refractivity contribution < 1.29 is 19.1 Å². The number of benzene rings is 3. The molecule has 0 saturated carbocycles. The van der Waals surface area contributed by atoms with E-state index in [0.717, 1.165) is 16.9 Å². The van der Waals surface area contributed by atoms with E-state index in [1.807, 2.05) is 95.3 Å². The topological polar surface area (TPSA) is 87.7 Å². The Hall–Kier alpha value is -4.13. The Morgan fingerprint density at radius 2 is 1.49 bits per heavy atom. The zero-order valence-electron chi connectivity index (χ0n) is 26.0. The van der Waals surface area contributed by atoms with E-state index in [4.69, 9.17) is 4.74 Å². The summed E-state index contributed by atoms with van der Waals surface area (Å²) in [5.74, 6) is 0.156. The standard InChI is InChI=1S/C36H43N3O4/c1-22(2)19-30-33(40)37-31(28-20-26-9-7-8-10-27(26)21-28)35(42)39(30)32(34(41)38-36(3,4)5)25-13-11-23(12-14-25)24-15-17-29(43-6)18-16-24/h7-18,22,28,30-32H,19-21H2,1-6H3,(H,37,40)(H,38,41)/t30-,31-,32-/m1/s1. The molecule has 1 aliphatic carbocycles. The average molecular weight is 582 g/mol. The number of methoxy groups -OCH3 is 1. The number of carbonyl (C=O) groups excluding carboxylic acids is 3. The number of rotatable bonds is 8. The lowest BCUT2D eigenvalue weighted by atomic mass is 9.87. The van der Waals surface area contributed by atoms with Crippen molar-refractivity contribution in [3.63, 3.8) is 0 Å². The summed E-state index contributed by atoms with van der Waals surface area (Å²) in [6, 6.07) is 21.3. The number of carbonyl (C=O) groups is 3. The maximum absolute atomic E-state index is 14.6. The molecule has 0 bridgehead atoms. The first kappa shape index (κ1) is 30.3. The maximum Gasteiger partial charge on any atom is 0.247 e. The van der Waals surface area contributed by atoms with Crippen molar-refractivity contribution in [1.82, 2.24) is 15.5 Å². The predicted molar refractivity (Wildman–Crippen MR) is 168 cm³/mol. The van der Waals surface area contributed by atoms with E-state index in [2.05, 4.69) is 22.8 Å². The van der Waals surface area contributed by atoms with Crippen molar-refractivity contribution in [3.05, 3.63) is 89.5 Å². The van der Waals surface area contributed by atoms with Gasteiger partial charge in [-0.1, -0.05) is 74.5 Å². The third-order valence-corrected chi connectivity index (χ3v) is 8.38. The number of amides is 3. The number of hydrogen-bond acceptors (Lipinski definition) is 4. The summed E-state index contributed by atoms with van der Waals surface area (Å²) in [7, 11) is 1.64. The van der Waals surface area contributed by atoms with Gasteiger partial charge in [0.1, 0.15) is 23.9 Å². The molecule has 7 nitrogen and oxygen atoms in total. The molecule has 0 unspecified atom stereocenters. The van der Waals surface area contributed by atoms with Gasteiger partial charge in [0, 0.05) is 5.54 Å². The largest absolute Gasteiger partial charge is 0.497 e. The molecule has 3 aromatic carbocycles. The molecular formula is C36H43N3O4. The van der Waals surface area contributed by atoms with Crippen LogP contribution in [0.5, 0.6) is 5.75 Å². The molecule has 0 radical (unpaired) electrons. The molecule has 0 spiro atoms. The van der Waals surface area contributed by atoms with Crippen molar-refractivity contribution in [2.24, 2.45) is 11.8 Å². The van der Waals surface area contributed by atoms with E-state index in [0.29, 0.717) is 24.8 Å². The number of fused-ring (bicyclic) bond motifs is 1. The number of nitrogens with zero attached hydrogens (tertiary/aromatic N) is 1. The monoisotopic (exact) mass is 581 g/mol. The van der Waals surface area contributed by atoms with Crippen molar-refractivity contribution in [2.45, 2.75) is 77.5 Å². The summed E-state index contributed by atoms with van der Waals surface area (Å²) in [5.41, 5.74) is 4.55. The van der Waals surface area contributed by atoms with Gasteiger partial charge in [-0.15, -0.1) is 0 Å². The highest BCUT2D eigenvalue weighted by Crippen LogP contribution is 2.36. The zero-order chi connectivity index (χ0) is 30.9. The van der Waals surface area contributed by atoms with Crippen LogP contribution in [0.2, 0.25) is 0 Å². The van der Waals surface area contributed by atoms with Gasteiger partial charge in [-0.05, 0) is 91.8 Å². The van der Waals surface area contributed by atoms with Crippen LogP contribution in [-0.4, -0.2) is 47.4 Å². The van der Waals surface area contributed by atoms with Crippen LogP contribution in [0.15, 0.2) is 72.8 Å². The van der Waals surface area contributed by atoms with Crippen LogP contribution < -0.4 is 15.4 Å². The lowest BCUT2D eigenvalue weighted by Crippen LogP contribution is -2.67. The fraction of sp³-hybridized carbons (Fsp3) is 0.417. The van der Waals surface area contributed by atoms with Crippen molar-refractivity contribution in [2.75, 3.05) is 7.11 Å². The minimum Gasteiger partial charge on any atom is -0.497 e. The Kier molecular flexibility index (Phi) is 8.63. The first-order valence-electron chi connectivity index (χ1n) is 15.2. The summed E-state index contributed by atoms with van der Waals surface area (Å²) in [5, 5.41) is 6.19. The summed E-state index contributed by atoms with van der Waals surface area (Å²) >= 11 is 0. The molecule has 2 N–H and O–H groups in total. The summed E-state index contributed by atoms with van der Waals surface area (Å²) < 4.78 is 5.29. The molecule has 226 valence electrons. The molecule has 3 atom stereocenters. The highest BCUT2D eigenvalue weighted by Gasteiger charge is 2.49. The Bertz CT molecular complexity index is 1450. The van der Waals surface area contributed by atoms with Crippen LogP contribution in [0.4, 0.5) is 0 Å². The summed E-state index contributed by atoms with van der Waals surface area (Å²) in [4.78, 5) is 44.1. The van der Waals surface area contributed by atoms with Gasteiger partial charge in [-0.25, -0.2) is 0 Å². The molecule has 1 aliphatic heterocycles. The van der Waals surface area contributed by atoms with Gasteiger partial charge in [-0.3, -0.25) is 14.4 Å². The van der Waals surface area contributed by atoms with E-state index in [-0.39, 0.29) is 29.6 Å². The molecule has 1 fully saturated rings.